The normalized spacial score (nSPS) is 20.8. The number of carboxylic acid groups (broad SMARTS) is 1. The maximum absolute atomic E-state index is 13.6. The topological polar surface area (TPSA) is 78.4 Å². The minimum absolute atomic E-state index is 0.0151. The number of nitrogens with one attached hydrogen (secondary N) is 2. The number of rotatable bonds is 5. The lowest BCUT2D eigenvalue weighted by molar-refractivity contribution is -0.142. The lowest BCUT2D eigenvalue weighted by Gasteiger charge is -2.26. The predicted octanol–water partition coefficient (Wildman–Crippen LogP) is 2.62. The number of halogens is 1. The summed E-state index contributed by atoms with van der Waals surface area (Å²) < 4.78 is 13.6. The third kappa shape index (κ3) is 5.23. The SMILES string of the molecule is Cc1ccc(F)c(CCNC(=O)NC2CCC(C(=O)O)CC2)c1. The molecule has 1 fully saturated rings. The van der Waals surface area contributed by atoms with Gasteiger partial charge in [-0.25, -0.2) is 9.18 Å². The van der Waals surface area contributed by atoms with Crippen LogP contribution >= 0.6 is 0 Å². The first kappa shape index (κ1) is 17.2. The maximum Gasteiger partial charge on any atom is 0.315 e. The average molecular weight is 322 g/mol. The van der Waals surface area contributed by atoms with E-state index in [1.807, 2.05) is 6.92 Å². The summed E-state index contributed by atoms with van der Waals surface area (Å²) in [7, 11) is 0. The number of aryl methyl sites for hydroxylation is 1. The molecule has 0 bridgehead atoms. The molecule has 1 aliphatic rings. The van der Waals surface area contributed by atoms with Gasteiger partial charge in [-0.2, -0.15) is 0 Å². The van der Waals surface area contributed by atoms with Crippen LogP contribution < -0.4 is 10.6 Å². The van der Waals surface area contributed by atoms with E-state index in [1.165, 1.54) is 6.07 Å². The van der Waals surface area contributed by atoms with Gasteiger partial charge in [0.15, 0.2) is 0 Å². The van der Waals surface area contributed by atoms with E-state index in [9.17, 15) is 14.0 Å². The van der Waals surface area contributed by atoms with Crippen LogP contribution in [0.3, 0.4) is 0 Å². The summed E-state index contributed by atoms with van der Waals surface area (Å²) in [5, 5.41) is 14.5. The maximum atomic E-state index is 13.6. The minimum Gasteiger partial charge on any atom is -0.481 e. The van der Waals surface area contributed by atoms with Gasteiger partial charge in [0.2, 0.25) is 0 Å². The van der Waals surface area contributed by atoms with Gasteiger partial charge in [-0.1, -0.05) is 17.7 Å². The van der Waals surface area contributed by atoms with Gasteiger partial charge < -0.3 is 15.7 Å². The van der Waals surface area contributed by atoms with Gasteiger partial charge in [0.05, 0.1) is 5.92 Å². The third-order valence-electron chi connectivity index (χ3n) is 4.29. The highest BCUT2D eigenvalue weighted by Crippen LogP contribution is 2.24. The van der Waals surface area contributed by atoms with E-state index in [1.54, 1.807) is 12.1 Å². The number of hydrogen-bond donors (Lipinski definition) is 3. The summed E-state index contributed by atoms with van der Waals surface area (Å²) >= 11 is 0. The molecule has 0 atom stereocenters. The fraction of sp³-hybridized carbons (Fsp3) is 0.529. The summed E-state index contributed by atoms with van der Waals surface area (Å²) in [5.41, 5.74) is 1.58. The van der Waals surface area contributed by atoms with Crippen LogP contribution in [0.2, 0.25) is 0 Å². The highest BCUT2D eigenvalue weighted by molar-refractivity contribution is 5.74. The minimum atomic E-state index is -0.756. The summed E-state index contributed by atoms with van der Waals surface area (Å²) in [5.74, 6) is -1.31. The Morgan fingerprint density at radius 1 is 1.26 bits per heavy atom. The molecule has 1 aromatic carbocycles. The Morgan fingerprint density at radius 3 is 2.61 bits per heavy atom. The molecule has 0 aromatic heterocycles. The number of benzene rings is 1. The van der Waals surface area contributed by atoms with E-state index in [0.717, 1.165) is 5.56 Å². The molecule has 1 saturated carbocycles. The lowest BCUT2D eigenvalue weighted by Crippen LogP contribution is -2.44. The summed E-state index contributed by atoms with van der Waals surface area (Å²) in [6.45, 7) is 2.26. The Hall–Kier alpha value is -2.11. The fourth-order valence-corrected chi connectivity index (χ4v) is 2.93. The van der Waals surface area contributed by atoms with Crippen LogP contribution in [0.15, 0.2) is 18.2 Å². The van der Waals surface area contributed by atoms with E-state index in [0.29, 0.717) is 44.2 Å². The van der Waals surface area contributed by atoms with Crippen molar-refractivity contribution in [3.8, 4) is 0 Å². The van der Waals surface area contributed by atoms with Crippen molar-refractivity contribution in [3.63, 3.8) is 0 Å². The molecular formula is C17H23FN2O3. The second-order valence-corrected chi connectivity index (χ2v) is 6.13. The quantitative estimate of drug-likeness (QED) is 0.780. The van der Waals surface area contributed by atoms with Gasteiger partial charge in [-0.15, -0.1) is 0 Å². The Labute approximate surface area is 135 Å². The van der Waals surface area contributed by atoms with Gasteiger partial charge >= 0.3 is 12.0 Å². The first-order valence-corrected chi connectivity index (χ1v) is 7.98. The van der Waals surface area contributed by atoms with Crippen molar-refractivity contribution in [1.29, 1.82) is 0 Å². The van der Waals surface area contributed by atoms with E-state index in [2.05, 4.69) is 10.6 Å². The molecule has 2 amide bonds. The number of carbonyl (C=O) groups excluding carboxylic acids is 1. The Balaban J connectivity index is 1.69. The zero-order valence-electron chi connectivity index (χ0n) is 13.3. The Morgan fingerprint density at radius 2 is 1.96 bits per heavy atom. The molecule has 23 heavy (non-hydrogen) atoms. The van der Waals surface area contributed by atoms with Crippen molar-refractivity contribution in [2.24, 2.45) is 5.92 Å². The fourth-order valence-electron chi connectivity index (χ4n) is 2.93. The molecule has 2 rings (SSSR count). The number of hydrogen-bond acceptors (Lipinski definition) is 2. The molecular weight excluding hydrogens is 299 g/mol. The van der Waals surface area contributed by atoms with Gasteiger partial charge in [0.1, 0.15) is 5.82 Å². The monoisotopic (exact) mass is 322 g/mol. The Kier molecular flexibility index (Phi) is 5.96. The number of carboxylic acids is 1. The lowest BCUT2D eigenvalue weighted by atomic mass is 9.86. The van der Waals surface area contributed by atoms with Crippen LogP contribution in [-0.2, 0) is 11.2 Å². The van der Waals surface area contributed by atoms with E-state index < -0.39 is 5.97 Å². The van der Waals surface area contributed by atoms with E-state index in [-0.39, 0.29) is 23.8 Å². The molecule has 3 N–H and O–H groups in total. The van der Waals surface area contributed by atoms with Crippen molar-refractivity contribution >= 4 is 12.0 Å². The predicted molar refractivity (Wildman–Crippen MR) is 84.8 cm³/mol. The van der Waals surface area contributed by atoms with Gasteiger partial charge in [0, 0.05) is 12.6 Å². The molecule has 0 radical (unpaired) electrons. The first-order valence-electron chi connectivity index (χ1n) is 7.98. The molecule has 1 aliphatic carbocycles. The number of aliphatic carboxylic acids is 1. The van der Waals surface area contributed by atoms with Crippen molar-refractivity contribution in [2.45, 2.75) is 45.1 Å². The second-order valence-electron chi connectivity index (χ2n) is 6.13. The summed E-state index contributed by atoms with van der Waals surface area (Å²) in [4.78, 5) is 22.7. The molecule has 6 heteroatoms. The van der Waals surface area contributed by atoms with Crippen LogP contribution in [0.1, 0.15) is 36.8 Å². The third-order valence-corrected chi connectivity index (χ3v) is 4.29. The Bertz CT molecular complexity index is 569. The van der Waals surface area contributed by atoms with Crippen molar-refractivity contribution < 1.29 is 19.1 Å². The van der Waals surface area contributed by atoms with Crippen LogP contribution in [0.4, 0.5) is 9.18 Å². The smallest absolute Gasteiger partial charge is 0.315 e. The molecule has 0 spiro atoms. The molecule has 0 saturated heterocycles. The highest BCUT2D eigenvalue weighted by atomic mass is 19.1. The van der Waals surface area contributed by atoms with Crippen LogP contribution in [0.5, 0.6) is 0 Å². The summed E-state index contributed by atoms with van der Waals surface area (Å²) in [6, 6.07) is 4.67. The summed E-state index contributed by atoms with van der Waals surface area (Å²) in [6.07, 6.45) is 2.98. The number of urea groups is 1. The van der Waals surface area contributed by atoms with Crippen LogP contribution in [0.25, 0.3) is 0 Å². The molecule has 0 aliphatic heterocycles. The van der Waals surface area contributed by atoms with Crippen molar-refractivity contribution in [3.05, 3.63) is 35.1 Å². The molecule has 1 aromatic rings. The molecule has 5 nitrogen and oxygen atoms in total. The number of carbonyl (C=O) groups is 2. The molecule has 0 heterocycles. The standard InChI is InChI=1S/C17H23FN2O3/c1-11-2-7-15(18)13(10-11)8-9-19-17(23)20-14-5-3-12(4-6-14)16(21)22/h2,7,10,12,14H,3-6,8-9H2,1H3,(H,21,22)(H2,19,20,23). The second kappa shape index (κ2) is 7.94. The van der Waals surface area contributed by atoms with E-state index >= 15 is 0 Å². The molecule has 0 unspecified atom stereocenters. The number of amides is 2. The zero-order valence-corrected chi connectivity index (χ0v) is 13.3. The van der Waals surface area contributed by atoms with Gasteiger partial charge in [-0.3, -0.25) is 4.79 Å². The van der Waals surface area contributed by atoms with E-state index in [4.69, 9.17) is 5.11 Å². The van der Waals surface area contributed by atoms with Crippen molar-refractivity contribution in [1.82, 2.24) is 10.6 Å². The van der Waals surface area contributed by atoms with Gasteiger partial charge in [-0.05, 0) is 50.7 Å². The molecule has 126 valence electrons. The van der Waals surface area contributed by atoms with Crippen molar-refractivity contribution in [2.75, 3.05) is 6.54 Å². The average Bonchev–Trinajstić information content (AvgIpc) is 2.51. The van der Waals surface area contributed by atoms with Crippen LogP contribution in [0, 0.1) is 18.7 Å². The zero-order chi connectivity index (χ0) is 16.8. The van der Waals surface area contributed by atoms with Crippen LogP contribution in [-0.4, -0.2) is 29.7 Å². The highest BCUT2D eigenvalue weighted by Gasteiger charge is 2.26. The first-order chi connectivity index (χ1) is 11.0. The largest absolute Gasteiger partial charge is 0.481 e. The van der Waals surface area contributed by atoms with Gasteiger partial charge in [0.25, 0.3) is 0 Å².